The number of ketones is 1. The largest absolute Gasteiger partial charge is 0.494 e. The summed E-state index contributed by atoms with van der Waals surface area (Å²) in [7, 11) is 0. The van der Waals surface area contributed by atoms with Gasteiger partial charge in [0.1, 0.15) is 24.0 Å². The number of aromatic nitrogens is 2. The first-order valence-corrected chi connectivity index (χ1v) is 17.5. The van der Waals surface area contributed by atoms with Crippen molar-refractivity contribution in [2.24, 2.45) is 29.1 Å². The molecule has 1 aromatic carbocycles. The topological polar surface area (TPSA) is 120 Å². The first-order chi connectivity index (χ1) is 22.7. The summed E-state index contributed by atoms with van der Waals surface area (Å²) in [6.45, 7) is 10.9. The minimum atomic E-state index is -3.36. The number of rotatable bonds is 3. The van der Waals surface area contributed by atoms with Crippen molar-refractivity contribution in [1.29, 1.82) is 0 Å². The number of halogens is 2. The Morgan fingerprint density at radius 3 is 2.50 bits per heavy atom. The molecule has 4 aliphatic rings. The van der Waals surface area contributed by atoms with Gasteiger partial charge in [-0.25, -0.2) is 14.8 Å². The number of amides is 2. The van der Waals surface area contributed by atoms with Crippen LogP contribution in [0.3, 0.4) is 0 Å². The van der Waals surface area contributed by atoms with Crippen LogP contribution in [-0.4, -0.2) is 70.1 Å². The highest BCUT2D eigenvalue weighted by Gasteiger charge is 2.52. The second-order valence-corrected chi connectivity index (χ2v) is 15.3. The van der Waals surface area contributed by atoms with Gasteiger partial charge in [-0.1, -0.05) is 34.1 Å². The second-order valence-electron chi connectivity index (χ2n) is 15.3. The van der Waals surface area contributed by atoms with E-state index in [0.29, 0.717) is 42.6 Å². The predicted molar refractivity (Wildman–Crippen MR) is 174 cm³/mol. The minimum absolute atomic E-state index is 0.0642. The van der Waals surface area contributed by atoms with Crippen molar-refractivity contribution in [2.45, 2.75) is 117 Å². The van der Waals surface area contributed by atoms with Crippen molar-refractivity contribution in [3.63, 3.8) is 0 Å². The Balaban J connectivity index is 1.41. The van der Waals surface area contributed by atoms with Gasteiger partial charge in [-0.3, -0.25) is 9.59 Å². The number of alkyl halides is 2. The smallest absolute Gasteiger partial charge is 0.408 e. The third kappa shape index (κ3) is 6.55. The van der Waals surface area contributed by atoms with Crippen molar-refractivity contribution < 1.29 is 37.4 Å². The Morgan fingerprint density at radius 2 is 1.83 bits per heavy atom. The summed E-state index contributed by atoms with van der Waals surface area (Å²) < 4.78 is 50.3. The summed E-state index contributed by atoms with van der Waals surface area (Å²) in [4.78, 5) is 51.2. The van der Waals surface area contributed by atoms with E-state index in [9.17, 15) is 14.4 Å². The molecule has 262 valence electrons. The number of fused-ring (bicyclic) bond motifs is 7. The Labute approximate surface area is 280 Å². The lowest BCUT2D eigenvalue weighted by atomic mass is 9.71. The first kappa shape index (κ1) is 34.3. The molecule has 2 saturated carbocycles. The average molecular weight is 671 g/mol. The van der Waals surface area contributed by atoms with Crippen molar-refractivity contribution >= 4 is 28.8 Å². The number of benzene rings is 1. The Hall–Kier alpha value is -3.57. The lowest BCUT2D eigenvalue weighted by molar-refractivity contribution is -0.141. The second kappa shape index (κ2) is 13.0. The van der Waals surface area contributed by atoms with Gasteiger partial charge in [0.05, 0.1) is 30.2 Å². The predicted octanol–water partition coefficient (Wildman–Crippen LogP) is 6.43. The molecule has 8 atom stereocenters. The lowest BCUT2D eigenvalue weighted by Gasteiger charge is -2.36. The highest BCUT2D eigenvalue weighted by molar-refractivity contribution is 5.92. The van der Waals surface area contributed by atoms with E-state index in [4.69, 9.17) is 14.2 Å². The van der Waals surface area contributed by atoms with Gasteiger partial charge in [0.2, 0.25) is 11.8 Å². The molecular weight excluding hydrogens is 622 g/mol. The number of carbonyl (C=O) groups excluding carboxylic acids is 3. The summed E-state index contributed by atoms with van der Waals surface area (Å²) in [6.07, 6.45) is 1.97. The number of Topliss-reactive ketones (excluding diaryl/α,β-unsaturated/α-hetero) is 1. The van der Waals surface area contributed by atoms with Crippen LogP contribution in [0.2, 0.25) is 0 Å². The van der Waals surface area contributed by atoms with Gasteiger partial charge in [-0.15, -0.1) is 0 Å². The van der Waals surface area contributed by atoms with Crippen molar-refractivity contribution in [1.82, 2.24) is 20.2 Å². The molecule has 10 nitrogen and oxygen atoms in total. The van der Waals surface area contributed by atoms with Crippen LogP contribution in [-0.2, 0) is 20.2 Å². The first-order valence-electron chi connectivity index (χ1n) is 17.5. The molecule has 2 aromatic rings. The maximum atomic E-state index is 16.2. The van der Waals surface area contributed by atoms with Crippen LogP contribution < -0.4 is 14.8 Å². The average Bonchev–Trinajstić information content (AvgIpc) is 3.44. The summed E-state index contributed by atoms with van der Waals surface area (Å²) in [6, 6.07) is 3.01. The Bertz CT molecular complexity index is 1560. The summed E-state index contributed by atoms with van der Waals surface area (Å²) >= 11 is 0. The fourth-order valence-corrected chi connectivity index (χ4v) is 8.35. The number of alkyl carbamates (subject to hydrolysis) is 1. The van der Waals surface area contributed by atoms with Crippen LogP contribution in [0.4, 0.5) is 13.6 Å². The number of nitrogens with one attached hydrogen (secondary N) is 1. The quantitative estimate of drug-likeness (QED) is 0.397. The summed E-state index contributed by atoms with van der Waals surface area (Å²) in [5, 5.41) is 2.85. The van der Waals surface area contributed by atoms with E-state index in [-0.39, 0.29) is 42.2 Å². The number of nitrogens with zero attached hydrogens (tertiary/aromatic N) is 3. The molecule has 0 radical (unpaired) electrons. The molecule has 2 aliphatic heterocycles. The van der Waals surface area contributed by atoms with E-state index in [1.807, 2.05) is 27.7 Å². The molecule has 2 unspecified atom stereocenters. The van der Waals surface area contributed by atoms with Gasteiger partial charge >= 0.3 is 6.09 Å². The van der Waals surface area contributed by atoms with E-state index < -0.39 is 59.6 Å². The summed E-state index contributed by atoms with van der Waals surface area (Å²) in [5.41, 5.74) is -0.674. The van der Waals surface area contributed by atoms with Crippen molar-refractivity contribution in [2.75, 3.05) is 13.2 Å². The molecule has 2 amide bonds. The van der Waals surface area contributed by atoms with E-state index >= 15 is 8.78 Å². The zero-order valence-corrected chi connectivity index (χ0v) is 28.8. The summed E-state index contributed by atoms with van der Waals surface area (Å²) in [5.74, 6) is -3.52. The number of ether oxygens (including phenoxy) is 3. The monoisotopic (exact) mass is 670 g/mol. The van der Waals surface area contributed by atoms with Gasteiger partial charge in [0.15, 0.2) is 11.5 Å². The van der Waals surface area contributed by atoms with E-state index in [2.05, 4.69) is 15.3 Å². The molecule has 3 fully saturated rings. The molecule has 12 heteroatoms. The van der Waals surface area contributed by atoms with Crippen LogP contribution in [0.1, 0.15) is 92.2 Å². The molecular formula is C36H48F2N4O6. The zero-order chi connectivity index (χ0) is 34.5. The van der Waals surface area contributed by atoms with Crippen LogP contribution in [0.25, 0.3) is 11.0 Å². The van der Waals surface area contributed by atoms with Gasteiger partial charge in [0, 0.05) is 18.4 Å². The van der Waals surface area contributed by atoms with Gasteiger partial charge in [-0.2, -0.15) is 8.78 Å². The Morgan fingerprint density at radius 1 is 1.06 bits per heavy atom. The molecule has 2 aliphatic carbocycles. The number of hydrogen-bond acceptors (Lipinski definition) is 8. The van der Waals surface area contributed by atoms with Crippen molar-refractivity contribution in [3.05, 3.63) is 23.9 Å². The fourth-order valence-electron chi connectivity index (χ4n) is 8.35. The van der Waals surface area contributed by atoms with Crippen LogP contribution in [0.5, 0.6) is 11.6 Å². The van der Waals surface area contributed by atoms with E-state index in [1.165, 1.54) is 11.8 Å². The number of carbonyl (C=O) groups is 3. The standard InChI is InChI=1S/C36H48F2N4O6/c1-7-46-22-12-14-25-26(17-22)40-32-30(39-25)36(37,38)15-9-8-10-24-23-13-11-21(23)16-27(24)48-34(45)41-31(35(4,5)6)33(44)42-18-28(47-32)19(2)29(42)20(3)43/h12,14,17,19,21,23-24,27-29,31H,7-11,13,15-16,18H2,1-6H3,(H,41,45)/t19-,21?,23?,24-,27-,28+,29+,31-/m1/s1. The Kier molecular flexibility index (Phi) is 9.32. The van der Waals surface area contributed by atoms with Gasteiger partial charge in [-0.05, 0) is 81.3 Å². The van der Waals surface area contributed by atoms with E-state index in [1.54, 1.807) is 25.1 Å². The van der Waals surface area contributed by atoms with Gasteiger partial charge < -0.3 is 24.4 Å². The molecule has 1 saturated heterocycles. The highest BCUT2D eigenvalue weighted by Crippen LogP contribution is 2.53. The molecule has 48 heavy (non-hydrogen) atoms. The molecule has 3 heterocycles. The van der Waals surface area contributed by atoms with Crippen molar-refractivity contribution in [3.8, 4) is 11.6 Å². The van der Waals surface area contributed by atoms with E-state index in [0.717, 1.165) is 19.3 Å². The third-order valence-corrected chi connectivity index (χ3v) is 11.0. The maximum absolute atomic E-state index is 16.2. The molecule has 1 N–H and O–H groups in total. The molecule has 1 aromatic heterocycles. The molecule has 0 spiro atoms. The molecule has 6 rings (SSSR count). The maximum Gasteiger partial charge on any atom is 0.408 e. The zero-order valence-electron chi connectivity index (χ0n) is 28.8. The fraction of sp³-hybridized carbons (Fsp3) is 0.694. The van der Waals surface area contributed by atoms with Crippen LogP contribution >= 0.6 is 0 Å². The highest BCUT2D eigenvalue weighted by atomic mass is 19.3. The van der Waals surface area contributed by atoms with Crippen LogP contribution in [0, 0.1) is 29.1 Å². The van der Waals surface area contributed by atoms with Crippen LogP contribution in [0.15, 0.2) is 18.2 Å². The number of hydrogen-bond donors (Lipinski definition) is 1. The van der Waals surface area contributed by atoms with Gasteiger partial charge in [0.25, 0.3) is 5.92 Å². The molecule has 2 bridgehead atoms. The SMILES string of the molecule is CCOc1ccc2nc3c(nc2c1)O[C@H]1CN(C(=O)[C@H](C(C)(C)C)NC(=O)O[C@@H]2CC4CCC4[C@H]2CCCCC3(F)F)[C@H](C(C)=O)[C@@H]1C. The minimum Gasteiger partial charge on any atom is -0.494 e. The third-order valence-electron chi connectivity index (χ3n) is 11.0. The lowest BCUT2D eigenvalue weighted by Crippen LogP contribution is -2.57. The normalized spacial score (nSPS) is 32.4.